The quantitative estimate of drug-likeness (QED) is 0.113. The Morgan fingerprint density at radius 2 is 1.07 bits per heavy atom. The van der Waals surface area contributed by atoms with Crippen LogP contribution in [0.2, 0.25) is 0 Å². The Hall–Kier alpha value is -1.47. The van der Waals surface area contributed by atoms with Crippen LogP contribution in [0.3, 0.4) is 0 Å². The number of aromatic nitrogens is 3. The standard InChI is InChI=1S/C35H60N4OS2/c1-9-11-13-15-17-19-21-25-41-32-37-31(38-33(39-32)42-26-22-20-18-16-14-12-10-2)36-28-24-23-27(34(3,4)5)30(40)29(28)35(6,7)8/h23-24,40H,9-22,25-26H2,1-8H3,(H,36,37,38,39). The van der Waals surface area contributed by atoms with Gasteiger partial charge >= 0.3 is 0 Å². The molecule has 1 aromatic carbocycles. The first kappa shape index (κ1) is 36.7. The van der Waals surface area contributed by atoms with Crippen LogP contribution in [0, 0.1) is 0 Å². The van der Waals surface area contributed by atoms with E-state index in [1.54, 1.807) is 23.5 Å². The normalized spacial score (nSPS) is 12.2. The van der Waals surface area contributed by atoms with Crippen molar-refractivity contribution in [3.63, 3.8) is 0 Å². The van der Waals surface area contributed by atoms with Gasteiger partial charge in [-0.05, 0) is 35.3 Å². The Balaban J connectivity index is 2.17. The third-order valence-electron chi connectivity index (χ3n) is 7.53. The van der Waals surface area contributed by atoms with Gasteiger partial charge in [-0.2, -0.15) is 15.0 Å². The Morgan fingerprint density at radius 1 is 0.619 bits per heavy atom. The molecule has 0 aliphatic rings. The zero-order valence-corrected chi connectivity index (χ0v) is 29.7. The molecule has 5 nitrogen and oxygen atoms in total. The smallest absolute Gasteiger partial charge is 0.232 e. The second-order valence-electron chi connectivity index (χ2n) is 13.7. The first-order valence-electron chi connectivity index (χ1n) is 16.6. The van der Waals surface area contributed by atoms with Crippen LogP contribution in [0.15, 0.2) is 22.4 Å². The van der Waals surface area contributed by atoms with Crippen molar-refractivity contribution >= 4 is 35.2 Å². The summed E-state index contributed by atoms with van der Waals surface area (Å²) in [7, 11) is 0. The van der Waals surface area contributed by atoms with Gasteiger partial charge in [0.15, 0.2) is 10.3 Å². The zero-order valence-electron chi connectivity index (χ0n) is 28.1. The molecule has 238 valence electrons. The van der Waals surface area contributed by atoms with E-state index in [1.165, 1.54) is 89.9 Å². The molecule has 0 atom stereocenters. The highest BCUT2D eigenvalue weighted by atomic mass is 32.2. The fraction of sp³-hybridized carbons (Fsp3) is 0.743. The van der Waals surface area contributed by atoms with Gasteiger partial charge in [0, 0.05) is 22.8 Å². The van der Waals surface area contributed by atoms with Crippen molar-refractivity contribution in [3.8, 4) is 5.75 Å². The molecule has 0 fully saturated rings. The van der Waals surface area contributed by atoms with E-state index in [-0.39, 0.29) is 10.8 Å². The van der Waals surface area contributed by atoms with E-state index < -0.39 is 0 Å². The number of nitrogens with one attached hydrogen (secondary N) is 1. The topological polar surface area (TPSA) is 70.9 Å². The van der Waals surface area contributed by atoms with Crippen LogP contribution in [0.25, 0.3) is 0 Å². The van der Waals surface area contributed by atoms with Crippen LogP contribution in [0.4, 0.5) is 11.6 Å². The minimum atomic E-state index is -0.260. The maximum atomic E-state index is 11.4. The van der Waals surface area contributed by atoms with Gasteiger partial charge in [-0.15, -0.1) is 0 Å². The monoisotopic (exact) mass is 616 g/mol. The molecule has 2 N–H and O–H groups in total. The Kier molecular flexibility index (Phi) is 16.6. The first-order chi connectivity index (χ1) is 20.0. The van der Waals surface area contributed by atoms with Gasteiger partial charge < -0.3 is 10.4 Å². The summed E-state index contributed by atoms with van der Waals surface area (Å²) in [4.78, 5) is 14.5. The average molecular weight is 617 g/mol. The molecule has 0 saturated heterocycles. The van der Waals surface area contributed by atoms with E-state index in [1.807, 2.05) is 6.07 Å². The van der Waals surface area contributed by atoms with Crippen LogP contribution in [0.5, 0.6) is 5.75 Å². The van der Waals surface area contributed by atoms with Crippen LogP contribution >= 0.6 is 23.5 Å². The minimum absolute atomic E-state index is 0.157. The molecule has 0 saturated carbocycles. The number of unbranched alkanes of at least 4 members (excludes halogenated alkanes) is 12. The maximum Gasteiger partial charge on any atom is 0.232 e. The third kappa shape index (κ3) is 13.4. The van der Waals surface area contributed by atoms with Crippen molar-refractivity contribution in [2.45, 2.75) is 166 Å². The Bertz CT molecular complexity index is 1010. The summed E-state index contributed by atoms with van der Waals surface area (Å²) in [5.41, 5.74) is 2.28. The molecular formula is C35H60N4OS2. The average Bonchev–Trinajstić information content (AvgIpc) is 2.90. The lowest BCUT2D eigenvalue weighted by Crippen LogP contribution is -2.19. The number of rotatable bonds is 20. The molecule has 0 amide bonds. The van der Waals surface area contributed by atoms with E-state index in [0.29, 0.717) is 11.7 Å². The minimum Gasteiger partial charge on any atom is -0.507 e. The SMILES string of the molecule is CCCCCCCCCSc1nc(Nc2ccc(C(C)(C)C)c(O)c2C(C)(C)C)nc(SCCCCCCCCC)n1. The van der Waals surface area contributed by atoms with E-state index in [4.69, 9.17) is 15.0 Å². The molecule has 2 rings (SSSR count). The lowest BCUT2D eigenvalue weighted by atomic mass is 9.78. The lowest BCUT2D eigenvalue weighted by Gasteiger charge is -2.29. The van der Waals surface area contributed by atoms with Gasteiger partial charge in [0.05, 0.1) is 0 Å². The number of benzene rings is 1. The molecule has 1 aromatic heterocycles. The van der Waals surface area contributed by atoms with Gasteiger partial charge in [-0.3, -0.25) is 0 Å². The number of aromatic hydroxyl groups is 1. The molecule has 42 heavy (non-hydrogen) atoms. The van der Waals surface area contributed by atoms with Crippen LogP contribution in [-0.4, -0.2) is 31.6 Å². The summed E-state index contributed by atoms with van der Waals surface area (Å²) in [5.74, 6) is 2.96. The van der Waals surface area contributed by atoms with Gasteiger partial charge in [0.25, 0.3) is 0 Å². The second kappa shape index (κ2) is 19.0. The Morgan fingerprint density at radius 3 is 1.50 bits per heavy atom. The van der Waals surface area contributed by atoms with Crippen molar-refractivity contribution in [1.29, 1.82) is 0 Å². The van der Waals surface area contributed by atoms with Gasteiger partial charge in [-0.25, -0.2) is 0 Å². The number of hydrogen-bond acceptors (Lipinski definition) is 7. The highest BCUT2D eigenvalue weighted by Gasteiger charge is 2.28. The van der Waals surface area contributed by atoms with Crippen molar-refractivity contribution in [2.75, 3.05) is 16.8 Å². The summed E-state index contributed by atoms with van der Waals surface area (Å²) in [6, 6.07) is 4.10. The molecule has 0 bridgehead atoms. The molecule has 7 heteroatoms. The number of anilines is 2. The molecule has 0 spiro atoms. The number of phenolic OH excluding ortho intramolecular Hbond substituents is 1. The van der Waals surface area contributed by atoms with E-state index in [0.717, 1.165) is 38.6 Å². The fourth-order valence-corrected chi connectivity index (χ4v) is 6.87. The van der Waals surface area contributed by atoms with Crippen molar-refractivity contribution < 1.29 is 5.11 Å². The van der Waals surface area contributed by atoms with Crippen LogP contribution in [0.1, 0.15) is 156 Å². The van der Waals surface area contributed by atoms with E-state index in [9.17, 15) is 5.11 Å². The molecule has 1 heterocycles. The predicted molar refractivity (Wildman–Crippen MR) is 186 cm³/mol. The van der Waals surface area contributed by atoms with E-state index >= 15 is 0 Å². The summed E-state index contributed by atoms with van der Waals surface area (Å²) in [5, 5.41) is 16.5. The molecule has 0 radical (unpaired) electrons. The van der Waals surface area contributed by atoms with E-state index in [2.05, 4.69) is 66.8 Å². The van der Waals surface area contributed by atoms with Crippen LogP contribution < -0.4 is 5.32 Å². The molecule has 0 aliphatic carbocycles. The number of nitrogens with zero attached hydrogens (tertiary/aromatic N) is 3. The molecule has 2 aromatic rings. The maximum absolute atomic E-state index is 11.4. The zero-order chi connectivity index (χ0) is 31.0. The van der Waals surface area contributed by atoms with Gasteiger partial charge in [0.2, 0.25) is 5.95 Å². The van der Waals surface area contributed by atoms with Crippen molar-refractivity contribution in [1.82, 2.24) is 15.0 Å². The molecular weight excluding hydrogens is 557 g/mol. The van der Waals surface area contributed by atoms with Crippen molar-refractivity contribution in [2.24, 2.45) is 0 Å². The third-order valence-corrected chi connectivity index (χ3v) is 9.40. The number of thioether (sulfide) groups is 2. The molecule has 0 aliphatic heterocycles. The van der Waals surface area contributed by atoms with Gasteiger partial charge in [0.1, 0.15) is 5.75 Å². The lowest BCUT2D eigenvalue weighted by molar-refractivity contribution is 0.424. The largest absolute Gasteiger partial charge is 0.507 e. The highest BCUT2D eigenvalue weighted by Crippen LogP contribution is 2.43. The Labute approximate surface area is 266 Å². The predicted octanol–water partition coefficient (Wildman–Crippen LogP) is 11.6. The highest BCUT2D eigenvalue weighted by molar-refractivity contribution is 7.99. The van der Waals surface area contributed by atoms with Crippen LogP contribution in [-0.2, 0) is 10.8 Å². The molecule has 0 unspecified atom stereocenters. The summed E-state index contributed by atoms with van der Waals surface area (Å²) in [6.07, 6.45) is 18.2. The first-order valence-corrected chi connectivity index (χ1v) is 18.6. The van der Waals surface area contributed by atoms with Gasteiger partial charge in [-0.1, -0.05) is 162 Å². The number of phenols is 1. The summed E-state index contributed by atoms with van der Waals surface area (Å²) < 4.78 is 0. The second-order valence-corrected chi connectivity index (χ2v) is 15.8. The number of hydrogen-bond donors (Lipinski definition) is 2. The summed E-state index contributed by atoms with van der Waals surface area (Å²) >= 11 is 3.47. The van der Waals surface area contributed by atoms with Crippen molar-refractivity contribution in [3.05, 3.63) is 23.3 Å². The summed E-state index contributed by atoms with van der Waals surface area (Å²) in [6.45, 7) is 17.4. The fourth-order valence-electron chi connectivity index (χ4n) is 5.15.